The Morgan fingerprint density at radius 3 is 3.11 bits per heavy atom. The number of hydrogen-bond acceptors (Lipinski definition) is 4. The fourth-order valence-electron chi connectivity index (χ4n) is 3.00. The van der Waals surface area contributed by atoms with E-state index in [2.05, 4.69) is 20.9 Å². The molecule has 3 unspecified atom stereocenters. The number of hydrogen-bond donors (Lipinski definition) is 1. The van der Waals surface area contributed by atoms with Crippen LogP contribution in [0.25, 0.3) is 0 Å². The van der Waals surface area contributed by atoms with Gasteiger partial charge in [-0.3, -0.25) is 4.98 Å². The molecule has 2 aliphatic rings. The molecule has 1 aromatic rings. The molecule has 19 heavy (non-hydrogen) atoms. The summed E-state index contributed by atoms with van der Waals surface area (Å²) in [5.74, 6) is 2.52. The molecular formula is C14H18BrNO2S. The van der Waals surface area contributed by atoms with Crippen LogP contribution in [0.4, 0.5) is 0 Å². The maximum Gasteiger partial charge on any atom is 0.0989 e. The summed E-state index contributed by atoms with van der Waals surface area (Å²) in [7, 11) is 0. The van der Waals surface area contributed by atoms with E-state index >= 15 is 0 Å². The first-order valence-corrected chi connectivity index (χ1v) is 8.65. The van der Waals surface area contributed by atoms with E-state index in [1.165, 1.54) is 5.75 Å². The van der Waals surface area contributed by atoms with Crippen molar-refractivity contribution < 1.29 is 9.84 Å². The zero-order chi connectivity index (χ0) is 13.3. The molecule has 3 atom stereocenters. The van der Waals surface area contributed by atoms with Crippen molar-refractivity contribution >= 4 is 27.7 Å². The fraction of sp³-hybridized carbons (Fsp3) is 0.643. The van der Waals surface area contributed by atoms with Gasteiger partial charge in [0.15, 0.2) is 0 Å². The molecule has 3 rings (SSSR count). The van der Waals surface area contributed by atoms with Gasteiger partial charge in [0.25, 0.3) is 0 Å². The van der Waals surface area contributed by atoms with Crippen LogP contribution in [0, 0.1) is 5.92 Å². The lowest BCUT2D eigenvalue weighted by atomic mass is 9.81. The van der Waals surface area contributed by atoms with Crippen LogP contribution in [-0.4, -0.2) is 33.8 Å². The number of nitrogens with zero attached hydrogens (tertiary/aromatic N) is 1. The van der Waals surface area contributed by atoms with E-state index in [0.717, 1.165) is 41.8 Å². The summed E-state index contributed by atoms with van der Waals surface area (Å²) in [5.41, 5.74) is 0.792. The molecule has 0 amide bonds. The van der Waals surface area contributed by atoms with Gasteiger partial charge in [-0.05, 0) is 59.0 Å². The number of pyridine rings is 1. The van der Waals surface area contributed by atoms with E-state index in [1.807, 2.05) is 23.9 Å². The second-order valence-corrected chi connectivity index (χ2v) is 7.45. The van der Waals surface area contributed by atoms with Gasteiger partial charge in [-0.2, -0.15) is 11.8 Å². The van der Waals surface area contributed by atoms with Crippen molar-refractivity contribution in [2.45, 2.75) is 31.0 Å². The highest BCUT2D eigenvalue weighted by molar-refractivity contribution is 9.10. The summed E-state index contributed by atoms with van der Waals surface area (Å²) in [6.07, 6.45) is 4.28. The third kappa shape index (κ3) is 2.99. The minimum Gasteiger partial charge on any atom is -0.387 e. The van der Waals surface area contributed by atoms with E-state index in [4.69, 9.17) is 4.74 Å². The molecule has 104 valence electrons. The van der Waals surface area contributed by atoms with Crippen molar-refractivity contribution in [3.63, 3.8) is 0 Å². The zero-order valence-corrected chi connectivity index (χ0v) is 13.1. The molecule has 0 bridgehead atoms. The lowest BCUT2D eigenvalue weighted by Crippen LogP contribution is -2.41. The van der Waals surface area contributed by atoms with Crippen LogP contribution in [0.3, 0.4) is 0 Å². The van der Waals surface area contributed by atoms with Gasteiger partial charge in [0, 0.05) is 23.0 Å². The molecule has 0 saturated carbocycles. The number of thioether (sulfide) groups is 1. The molecule has 2 fully saturated rings. The molecule has 5 heteroatoms. The Balaban J connectivity index is 1.72. The highest BCUT2D eigenvalue weighted by Crippen LogP contribution is 2.43. The number of rotatable bonds is 2. The Bertz CT molecular complexity index is 434. The monoisotopic (exact) mass is 343 g/mol. The summed E-state index contributed by atoms with van der Waals surface area (Å²) in [6, 6.07) is 3.84. The number of aliphatic hydroxyl groups excluding tert-OH is 1. The van der Waals surface area contributed by atoms with Gasteiger partial charge in [0.2, 0.25) is 0 Å². The molecule has 1 aromatic heterocycles. The van der Waals surface area contributed by atoms with Gasteiger partial charge in [0.1, 0.15) is 0 Å². The maximum atomic E-state index is 10.5. The van der Waals surface area contributed by atoms with Crippen molar-refractivity contribution in [2.75, 3.05) is 18.1 Å². The predicted octanol–water partition coefficient (Wildman–Crippen LogP) is 3.18. The molecule has 1 N–H and O–H groups in total. The van der Waals surface area contributed by atoms with Crippen LogP contribution in [0.5, 0.6) is 0 Å². The summed E-state index contributed by atoms with van der Waals surface area (Å²) < 4.78 is 6.95. The predicted molar refractivity (Wildman–Crippen MR) is 80.2 cm³/mol. The molecule has 0 radical (unpaired) electrons. The van der Waals surface area contributed by atoms with E-state index in [1.54, 1.807) is 6.20 Å². The third-order valence-electron chi connectivity index (χ3n) is 4.10. The molecular weight excluding hydrogens is 326 g/mol. The zero-order valence-electron chi connectivity index (χ0n) is 10.7. The van der Waals surface area contributed by atoms with Crippen LogP contribution < -0.4 is 0 Å². The van der Waals surface area contributed by atoms with Gasteiger partial charge in [-0.15, -0.1) is 0 Å². The summed E-state index contributed by atoms with van der Waals surface area (Å²) >= 11 is 5.33. The minimum absolute atomic E-state index is 0.0178. The lowest BCUT2D eigenvalue weighted by Gasteiger charge is -2.39. The van der Waals surface area contributed by atoms with Gasteiger partial charge in [-0.1, -0.05) is 0 Å². The van der Waals surface area contributed by atoms with Gasteiger partial charge in [-0.25, -0.2) is 0 Å². The Kier molecular flexibility index (Phi) is 4.17. The second kappa shape index (κ2) is 5.72. The first-order valence-electron chi connectivity index (χ1n) is 6.70. The van der Waals surface area contributed by atoms with Crippen LogP contribution >= 0.6 is 27.7 Å². The SMILES string of the molecule is OC(c1ccc(Br)cn1)C1CCOC2(CCSC2)C1. The summed E-state index contributed by atoms with van der Waals surface area (Å²) in [6.45, 7) is 0.763. The van der Waals surface area contributed by atoms with Gasteiger partial charge < -0.3 is 9.84 Å². The number of ether oxygens (including phenoxy) is 1. The largest absolute Gasteiger partial charge is 0.387 e. The van der Waals surface area contributed by atoms with Gasteiger partial charge >= 0.3 is 0 Å². The number of aliphatic hydroxyl groups is 1. The maximum absolute atomic E-state index is 10.5. The number of aromatic nitrogens is 1. The quantitative estimate of drug-likeness (QED) is 0.895. The number of halogens is 1. The van der Waals surface area contributed by atoms with Crippen LogP contribution in [-0.2, 0) is 4.74 Å². The van der Waals surface area contributed by atoms with Crippen molar-refractivity contribution in [2.24, 2.45) is 5.92 Å². The standard InChI is InChI=1S/C14H18BrNO2S/c15-11-1-2-12(16-8-11)13(17)10-3-5-18-14(7-10)4-6-19-9-14/h1-2,8,10,13,17H,3-7,9H2. The van der Waals surface area contributed by atoms with Crippen molar-refractivity contribution in [1.29, 1.82) is 0 Å². The normalized spacial score (nSPS) is 32.6. The highest BCUT2D eigenvalue weighted by atomic mass is 79.9. The topological polar surface area (TPSA) is 42.4 Å². The molecule has 0 aliphatic carbocycles. The molecule has 3 nitrogen and oxygen atoms in total. The first kappa shape index (κ1) is 13.9. The first-order chi connectivity index (χ1) is 9.19. The van der Waals surface area contributed by atoms with E-state index < -0.39 is 6.10 Å². The van der Waals surface area contributed by atoms with Crippen LogP contribution in [0.1, 0.15) is 31.1 Å². The average molecular weight is 344 g/mol. The van der Waals surface area contributed by atoms with E-state index in [0.29, 0.717) is 0 Å². The molecule has 0 aromatic carbocycles. The van der Waals surface area contributed by atoms with Crippen molar-refractivity contribution in [3.8, 4) is 0 Å². The van der Waals surface area contributed by atoms with Crippen molar-refractivity contribution in [3.05, 3.63) is 28.5 Å². The second-order valence-electron chi connectivity index (χ2n) is 5.43. The molecule has 3 heterocycles. The lowest BCUT2D eigenvalue weighted by molar-refractivity contribution is -0.102. The highest BCUT2D eigenvalue weighted by Gasteiger charge is 2.42. The van der Waals surface area contributed by atoms with Crippen LogP contribution in [0.2, 0.25) is 0 Å². The molecule has 1 spiro atoms. The van der Waals surface area contributed by atoms with Crippen LogP contribution in [0.15, 0.2) is 22.8 Å². The van der Waals surface area contributed by atoms with Crippen molar-refractivity contribution in [1.82, 2.24) is 4.98 Å². The Labute approximate surface area is 126 Å². The Hall–Kier alpha value is -0.100. The summed E-state index contributed by atoms with van der Waals surface area (Å²) in [5, 5.41) is 10.5. The van der Waals surface area contributed by atoms with E-state index in [-0.39, 0.29) is 11.5 Å². The van der Waals surface area contributed by atoms with Gasteiger partial charge in [0.05, 0.1) is 17.4 Å². The smallest absolute Gasteiger partial charge is 0.0989 e. The van der Waals surface area contributed by atoms with E-state index in [9.17, 15) is 5.11 Å². The molecule has 2 aliphatic heterocycles. The average Bonchev–Trinajstić information content (AvgIpc) is 2.87. The Morgan fingerprint density at radius 2 is 2.42 bits per heavy atom. The third-order valence-corrected chi connectivity index (χ3v) is 5.79. The minimum atomic E-state index is -0.473. The Morgan fingerprint density at radius 1 is 1.53 bits per heavy atom. The fourth-order valence-corrected chi connectivity index (χ4v) is 4.61. The molecule has 2 saturated heterocycles. The summed E-state index contributed by atoms with van der Waals surface area (Å²) in [4.78, 5) is 4.33.